The molecule has 0 amide bonds. The van der Waals surface area contributed by atoms with E-state index < -0.39 is 6.10 Å². The molecular formula is C30H34O4S2. The second kappa shape index (κ2) is 15.2. The molecule has 36 heavy (non-hydrogen) atoms. The molecule has 0 spiro atoms. The van der Waals surface area contributed by atoms with E-state index in [-0.39, 0.29) is 18.5 Å². The largest absolute Gasteiger partial charge is 0.370 e. The average Bonchev–Trinajstić information content (AvgIpc) is 2.94. The van der Waals surface area contributed by atoms with Crippen LogP contribution in [0.25, 0.3) is 0 Å². The summed E-state index contributed by atoms with van der Waals surface area (Å²) in [4.78, 5) is 13.5. The smallest absolute Gasteiger partial charge is 0.189 e. The van der Waals surface area contributed by atoms with Crippen LogP contribution in [0.1, 0.15) is 29.5 Å². The van der Waals surface area contributed by atoms with Crippen molar-refractivity contribution in [2.45, 2.75) is 49.5 Å². The lowest BCUT2D eigenvalue weighted by molar-refractivity contribution is -0.150. The molecule has 0 saturated carbocycles. The van der Waals surface area contributed by atoms with Crippen molar-refractivity contribution in [3.63, 3.8) is 0 Å². The van der Waals surface area contributed by atoms with Crippen LogP contribution in [0.5, 0.6) is 0 Å². The zero-order chi connectivity index (χ0) is 24.8. The predicted molar refractivity (Wildman–Crippen MR) is 149 cm³/mol. The highest BCUT2D eigenvalue weighted by molar-refractivity contribution is 8.17. The lowest BCUT2D eigenvalue weighted by Gasteiger charge is -2.31. The highest BCUT2D eigenvalue weighted by Crippen LogP contribution is 2.35. The van der Waals surface area contributed by atoms with Gasteiger partial charge in [-0.2, -0.15) is 0 Å². The Morgan fingerprint density at radius 2 is 1.22 bits per heavy atom. The van der Waals surface area contributed by atoms with Crippen molar-refractivity contribution in [1.82, 2.24) is 0 Å². The van der Waals surface area contributed by atoms with Crippen LogP contribution in [0.2, 0.25) is 0 Å². The molecule has 1 saturated heterocycles. The molecule has 6 heteroatoms. The number of hydrogen-bond acceptors (Lipinski definition) is 6. The standard InChI is InChI=1S/C30H34O4S2/c31-27(23-32-20-24-11-4-1-5-12-24)30(34-22-26-15-8-3-9-16-26)28(19-29-35-17-10-18-36-29)33-21-25-13-6-2-7-14-25/h1-9,11-16,28-30H,10,17-23H2/t28-,30-/m1/s1. The molecule has 3 aromatic rings. The molecule has 0 unspecified atom stereocenters. The third-order valence-corrected chi connectivity index (χ3v) is 8.90. The van der Waals surface area contributed by atoms with Crippen LogP contribution in [-0.4, -0.2) is 40.7 Å². The van der Waals surface area contributed by atoms with Crippen LogP contribution in [0.15, 0.2) is 91.0 Å². The maximum Gasteiger partial charge on any atom is 0.189 e. The summed E-state index contributed by atoms with van der Waals surface area (Å²) in [7, 11) is 0. The Morgan fingerprint density at radius 1 is 0.722 bits per heavy atom. The molecule has 1 aliphatic heterocycles. The SMILES string of the molecule is O=C(COCc1ccccc1)[C@@H](OCc1ccccc1)[C@@H](CC1SCCCS1)OCc1ccccc1. The summed E-state index contributed by atoms with van der Waals surface area (Å²) in [6, 6.07) is 30.0. The van der Waals surface area contributed by atoms with E-state index in [2.05, 4.69) is 0 Å². The van der Waals surface area contributed by atoms with E-state index in [0.29, 0.717) is 24.4 Å². The van der Waals surface area contributed by atoms with Crippen molar-refractivity contribution in [3.05, 3.63) is 108 Å². The minimum Gasteiger partial charge on any atom is -0.370 e. The summed E-state index contributed by atoms with van der Waals surface area (Å²) >= 11 is 3.91. The first-order chi connectivity index (χ1) is 17.8. The highest BCUT2D eigenvalue weighted by Gasteiger charge is 2.33. The van der Waals surface area contributed by atoms with Gasteiger partial charge in [0.15, 0.2) is 5.78 Å². The van der Waals surface area contributed by atoms with Gasteiger partial charge in [-0.15, -0.1) is 23.5 Å². The first-order valence-electron chi connectivity index (χ1n) is 12.5. The quantitative estimate of drug-likeness (QED) is 0.240. The number of benzene rings is 3. The monoisotopic (exact) mass is 522 g/mol. The van der Waals surface area contributed by atoms with E-state index in [9.17, 15) is 4.79 Å². The van der Waals surface area contributed by atoms with Gasteiger partial charge in [0.2, 0.25) is 0 Å². The number of hydrogen-bond donors (Lipinski definition) is 0. The first-order valence-corrected chi connectivity index (χ1v) is 14.6. The van der Waals surface area contributed by atoms with Crippen molar-refractivity contribution in [3.8, 4) is 0 Å². The van der Waals surface area contributed by atoms with Gasteiger partial charge < -0.3 is 14.2 Å². The number of ketones is 1. The third kappa shape index (κ3) is 9.09. The third-order valence-electron chi connectivity index (χ3n) is 5.91. The molecule has 3 aromatic carbocycles. The van der Waals surface area contributed by atoms with Crippen LogP contribution >= 0.6 is 23.5 Å². The molecule has 0 aromatic heterocycles. The number of carbonyl (C=O) groups is 1. The summed E-state index contributed by atoms with van der Waals surface area (Å²) in [6.45, 7) is 1.18. The van der Waals surface area contributed by atoms with E-state index in [0.717, 1.165) is 34.6 Å². The maximum absolute atomic E-state index is 13.5. The number of carbonyl (C=O) groups excluding carboxylic acids is 1. The Balaban J connectivity index is 1.46. The summed E-state index contributed by atoms with van der Waals surface area (Å²) < 4.78 is 19.0. The zero-order valence-electron chi connectivity index (χ0n) is 20.5. The maximum atomic E-state index is 13.5. The van der Waals surface area contributed by atoms with Gasteiger partial charge in [-0.25, -0.2) is 0 Å². The van der Waals surface area contributed by atoms with Gasteiger partial charge in [-0.3, -0.25) is 4.79 Å². The topological polar surface area (TPSA) is 44.8 Å². The second-order valence-corrected chi connectivity index (χ2v) is 11.7. The molecular weight excluding hydrogens is 488 g/mol. The molecule has 1 fully saturated rings. The molecule has 190 valence electrons. The second-order valence-electron chi connectivity index (χ2n) is 8.76. The van der Waals surface area contributed by atoms with Gasteiger partial charge in [-0.1, -0.05) is 91.0 Å². The van der Waals surface area contributed by atoms with Gasteiger partial charge in [0.25, 0.3) is 0 Å². The molecule has 1 aliphatic rings. The lowest BCUT2D eigenvalue weighted by Crippen LogP contribution is -2.42. The molecule has 4 nitrogen and oxygen atoms in total. The van der Waals surface area contributed by atoms with E-state index in [4.69, 9.17) is 14.2 Å². The average molecular weight is 523 g/mol. The molecule has 0 radical (unpaired) electrons. The first kappa shape index (κ1) is 27.0. The fourth-order valence-electron chi connectivity index (χ4n) is 4.01. The van der Waals surface area contributed by atoms with Crippen LogP contribution in [0, 0.1) is 0 Å². The van der Waals surface area contributed by atoms with Gasteiger partial charge >= 0.3 is 0 Å². The fourth-order valence-corrected chi connectivity index (χ4v) is 6.96. The Bertz CT molecular complexity index is 1010. The molecule has 0 bridgehead atoms. The molecule has 0 aliphatic carbocycles. The van der Waals surface area contributed by atoms with E-state index in [1.165, 1.54) is 6.42 Å². The summed E-state index contributed by atoms with van der Waals surface area (Å²) in [5.41, 5.74) is 3.16. The molecule has 4 rings (SSSR count). The minimum atomic E-state index is -0.701. The van der Waals surface area contributed by atoms with E-state index in [1.807, 2.05) is 115 Å². The predicted octanol–water partition coefficient (Wildman–Crippen LogP) is 6.53. The Hall–Kier alpha value is -2.09. The zero-order valence-corrected chi connectivity index (χ0v) is 22.1. The number of ether oxygens (including phenoxy) is 3. The Morgan fingerprint density at radius 3 is 1.78 bits per heavy atom. The number of Topliss-reactive ketones (excluding diaryl/α,β-unsaturated/α-hetero) is 1. The Kier molecular flexibility index (Phi) is 11.4. The fraction of sp³-hybridized carbons (Fsp3) is 0.367. The summed E-state index contributed by atoms with van der Waals surface area (Å²) in [5.74, 6) is 2.21. The van der Waals surface area contributed by atoms with Crippen LogP contribution in [-0.2, 0) is 38.8 Å². The van der Waals surface area contributed by atoms with Crippen molar-refractivity contribution in [2.75, 3.05) is 18.1 Å². The van der Waals surface area contributed by atoms with Crippen LogP contribution < -0.4 is 0 Å². The minimum absolute atomic E-state index is 0.00942. The van der Waals surface area contributed by atoms with Gasteiger partial charge in [-0.05, 0) is 41.0 Å². The van der Waals surface area contributed by atoms with Gasteiger partial charge in [0.05, 0.1) is 30.5 Å². The van der Waals surface area contributed by atoms with Crippen molar-refractivity contribution in [1.29, 1.82) is 0 Å². The molecule has 1 heterocycles. The van der Waals surface area contributed by atoms with E-state index >= 15 is 0 Å². The Labute approximate surface area is 223 Å². The van der Waals surface area contributed by atoms with Crippen molar-refractivity contribution >= 4 is 29.3 Å². The van der Waals surface area contributed by atoms with Crippen molar-refractivity contribution < 1.29 is 19.0 Å². The van der Waals surface area contributed by atoms with Crippen molar-refractivity contribution in [2.24, 2.45) is 0 Å². The normalized spacial score (nSPS) is 15.9. The number of rotatable bonds is 14. The van der Waals surface area contributed by atoms with Crippen LogP contribution in [0.4, 0.5) is 0 Å². The summed E-state index contributed by atoms with van der Waals surface area (Å²) in [5, 5.41) is 0. The van der Waals surface area contributed by atoms with Gasteiger partial charge in [0, 0.05) is 0 Å². The number of thioether (sulfide) groups is 2. The highest BCUT2D eigenvalue weighted by atomic mass is 32.2. The summed E-state index contributed by atoms with van der Waals surface area (Å²) in [6.07, 6.45) is 0.922. The van der Waals surface area contributed by atoms with Gasteiger partial charge in [0.1, 0.15) is 12.7 Å². The van der Waals surface area contributed by atoms with E-state index in [1.54, 1.807) is 0 Å². The van der Waals surface area contributed by atoms with Crippen LogP contribution in [0.3, 0.4) is 0 Å². The lowest BCUT2D eigenvalue weighted by atomic mass is 10.1. The molecule has 2 atom stereocenters. The molecule has 0 N–H and O–H groups in total.